The number of anilines is 2. The average Bonchev–Trinajstić information content (AvgIpc) is 3.46. The lowest BCUT2D eigenvalue weighted by Crippen LogP contribution is -2.33. The van der Waals surface area contributed by atoms with E-state index in [2.05, 4.69) is 25.7 Å². The number of hydrogen-bond donors (Lipinski definition) is 2. The molecule has 0 saturated heterocycles. The Morgan fingerprint density at radius 3 is 2.84 bits per heavy atom. The number of halogens is 1. The van der Waals surface area contributed by atoms with E-state index in [-0.39, 0.29) is 24.8 Å². The molecular weight excluding hydrogens is 497 g/mol. The van der Waals surface area contributed by atoms with Gasteiger partial charge in [0.1, 0.15) is 13.2 Å². The summed E-state index contributed by atoms with van der Waals surface area (Å²) in [6.45, 7) is 4.82. The highest BCUT2D eigenvalue weighted by Crippen LogP contribution is 2.28. The van der Waals surface area contributed by atoms with Crippen molar-refractivity contribution in [1.82, 2.24) is 24.6 Å². The fourth-order valence-electron chi connectivity index (χ4n) is 3.50. The molecule has 0 atom stereocenters. The molecule has 0 unspecified atom stereocenters. The molecule has 2 N–H and O–H groups in total. The molecule has 3 aromatic heterocycles. The van der Waals surface area contributed by atoms with Gasteiger partial charge in [0.15, 0.2) is 0 Å². The third kappa shape index (κ3) is 7.23. The summed E-state index contributed by atoms with van der Waals surface area (Å²) in [6, 6.07) is 8.92. The first-order valence-electron chi connectivity index (χ1n) is 11.7. The van der Waals surface area contributed by atoms with Crippen molar-refractivity contribution >= 4 is 44.7 Å². The summed E-state index contributed by atoms with van der Waals surface area (Å²) in [7, 11) is 1.70. The quantitative estimate of drug-likeness (QED) is 0.288. The summed E-state index contributed by atoms with van der Waals surface area (Å²) < 4.78 is 21.4. The van der Waals surface area contributed by atoms with Gasteiger partial charge in [0.05, 0.1) is 40.0 Å². The number of pyridine rings is 1. The van der Waals surface area contributed by atoms with E-state index >= 15 is 0 Å². The molecule has 0 aliphatic rings. The Kier molecular flexibility index (Phi) is 8.29. The number of rotatable bonds is 11. The maximum Gasteiger partial charge on any atom is 0.274 e. The lowest BCUT2D eigenvalue weighted by molar-refractivity contribution is -0.131. The second kappa shape index (κ2) is 11.8. The molecule has 0 spiro atoms. The van der Waals surface area contributed by atoms with Gasteiger partial charge in [0.25, 0.3) is 5.19 Å². The van der Waals surface area contributed by atoms with Crippen LogP contribution in [0, 0.1) is 19.8 Å². The van der Waals surface area contributed by atoms with Gasteiger partial charge in [-0.1, -0.05) is 17.4 Å². The number of amides is 2. The summed E-state index contributed by atoms with van der Waals surface area (Å²) in [5, 5.41) is 10.5. The van der Waals surface area contributed by atoms with E-state index in [0.29, 0.717) is 42.0 Å². The third-order valence-corrected chi connectivity index (χ3v) is 6.48. The second-order valence-electron chi connectivity index (χ2n) is 8.53. The third-order valence-electron chi connectivity index (χ3n) is 5.54. The Morgan fingerprint density at radius 1 is 1.19 bits per heavy atom. The normalized spacial score (nSPS) is 10.9. The number of nitrogens with zero attached hydrogens (tertiary/aromatic N) is 5. The molecule has 0 aliphatic heterocycles. The van der Waals surface area contributed by atoms with Gasteiger partial charge >= 0.3 is 0 Å². The van der Waals surface area contributed by atoms with Crippen LogP contribution in [0.15, 0.2) is 42.7 Å². The highest BCUT2D eigenvalue weighted by atomic mass is 32.1. The maximum absolute atomic E-state index is 13.1. The van der Waals surface area contributed by atoms with Crippen LogP contribution < -0.4 is 15.4 Å². The lowest BCUT2D eigenvalue weighted by Gasteiger charge is -2.16. The van der Waals surface area contributed by atoms with E-state index in [1.165, 1.54) is 28.3 Å². The first-order valence-corrected chi connectivity index (χ1v) is 12.5. The predicted octanol–water partition coefficient (Wildman–Crippen LogP) is 3.62. The fourth-order valence-corrected chi connectivity index (χ4v) is 4.32. The number of carbonyl (C=O) groups is 2. The van der Waals surface area contributed by atoms with Gasteiger partial charge in [0, 0.05) is 26.2 Å². The molecule has 12 heteroatoms. The molecule has 1 aromatic carbocycles. The Balaban J connectivity index is 1.17. The van der Waals surface area contributed by atoms with Gasteiger partial charge in [-0.3, -0.25) is 14.3 Å². The molecule has 194 valence electrons. The number of aromatic nitrogens is 4. The molecule has 4 rings (SSSR count). The average molecular weight is 526 g/mol. The van der Waals surface area contributed by atoms with E-state index in [1.54, 1.807) is 31.1 Å². The zero-order valence-electron chi connectivity index (χ0n) is 20.8. The molecule has 0 aliphatic carbocycles. The molecular formula is C25H28FN7O3S. The summed E-state index contributed by atoms with van der Waals surface area (Å²) in [5.41, 5.74) is 3.74. The van der Waals surface area contributed by atoms with E-state index in [0.717, 1.165) is 15.8 Å². The van der Waals surface area contributed by atoms with Gasteiger partial charge in [-0.05, 0) is 43.7 Å². The first kappa shape index (κ1) is 26.0. The predicted molar refractivity (Wildman–Crippen MR) is 140 cm³/mol. The van der Waals surface area contributed by atoms with Crippen molar-refractivity contribution in [2.45, 2.75) is 26.8 Å². The van der Waals surface area contributed by atoms with Crippen molar-refractivity contribution in [1.29, 1.82) is 0 Å². The van der Waals surface area contributed by atoms with Gasteiger partial charge < -0.3 is 20.3 Å². The van der Waals surface area contributed by atoms with Crippen LogP contribution in [-0.4, -0.2) is 63.2 Å². The molecule has 3 heterocycles. The SMILES string of the molecule is Cc1ccc2sc(OCCN(C)C(=O)Cn3cc(NC(=O)CCNc4ccc(F)nc4C)cn3)nc2c1. The summed E-state index contributed by atoms with van der Waals surface area (Å²) in [6.07, 6.45) is 3.28. The first-order chi connectivity index (χ1) is 17.8. The number of ether oxygens (including phenoxy) is 1. The minimum Gasteiger partial charge on any atom is -0.468 e. The van der Waals surface area contributed by atoms with Crippen LogP contribution in [0.5, 0.6) is 5.19 Å². The smallest absolute Gasteiger partial charge is 0.274 e. The largest absolute Gasteiger partial charge is 0.468 e. The van der Waals surface area contributed by atoms with Gasteiger partial charge in [-0.2, -0.15) is 9.49 Å². The number of likely N-dealkylation sites (N-methyl/N-ethyl adjacent to an activating group) is 1. The van der Waals surface area contributed by atoms with Gasteiger partial charge in [0.2, 0.25) is 17.8 Å². The van der Waals surface area contributed by atoms with E-state index in [9.17, 15) is 14.0 Å². The van der Waals surface area contributed by atoms with Crippen LogP contribution in [0.25, 0.3) is 10.2 Å². The Hall–Kier alpha value is -4.06. The minimum absolute atomic E-state index is 0.0329. The van der Waals surface area contributed by atoms with Crippen molar-refractivity contribution in [2.75, 3.05) is 37.4 Å². The van der Waals surface area contributed by atoms with E-state index in [4.69, 9.17) is 4.74 Å². The second-order valence-corrected chi connectivity index (χ2v) is 9.53. The lowest BCUT2D eigenvalue weighted by atomic mass is 10.2. The van der Waals surface area contributed by atoms with Crippen molar-refractivity contribution in [3.8, 4) is 5.19 Å². The van der Waals surface area contributed by atoms with Crippen LogP contribution in [0.3, 0.4) is 0 Å². The standard InChI is InChI=1S/C25H28FN7O3S/c1-16-4-6-21-20(12-16)31-25(37-21)36-11-10-32(3)24(35)15-33-14-18(13-28-33)30-23(34)8-9-27-19-5-7-22(26)29-17(19)2/h4-7,12-14,27H,8-11,15H2,1-3H3,(H,30,34). The van der Waals surface area contributed by atoms with Crippen LogP contribution in [0.1, 0.15) is 17.7 Å². The van der Waals surface area contributed by atoms with Crippen LogP contribution in [-0.2, 0) is 16.1 Å². The summed E-state index contributed by atoms with van der Waals surface area (Å²) >= 11 is 1.48. The van der Waals surface area contributed by atoms with Crippen molar-refractivity contribution in [3.63, 3.8) is 0 Å². The van der Waals surface area contributed by atoms with Crippen LogP contribution in [0.2, 0.25) is 0 Å². The molecule has 0 bridgehead atoms. The van der Waals surface area contributed by atoms with E-state index < -0.39 is 5.95 Å². The summed E-state index contributed by atoms with van der Waals surface area (Å²) in [4.78, 5) is 34.6. The zero-order chi connectivity index (χ0) is 26.4. The number of nitrogens with one attached hydrogen (secondary N) is 2. The topological polar surface area (TPSA) is 114 Å². The monoisotopic (exact) mass is 525 g/mol. The minimum atomic E-state index is -0.546. The molecule has 37 heavy (non-hydrogen) atoms. The van der Waals surface area contributed by atoms with Gasteiger partial charge in [-0.25, -0.2) is 9.97 Å². The number of benzene rings is 1. The Morgan fingerprint density at radius 2 is 2.03 bits per heavy atom. The Bertz CT molecular complexity index is 1400. The highest BCUT2D eigenvalue weighted by molar-refractivity contribution is 7.20. The Labute approximate surface area is 217 Å². The number of hydrogen-bond acceptors (Lipinski definition) is 8. The van der Waals surface area contributed by atoms with Crippen molar-refractivity contribution in [2.24, 2.45) is 0 Å². The molecule has 4 aromatic rings. The van der Waals surface area contributed by atoms with E-state index in [1.807, 2.05) is 25.1 Å². The summed E-state index contributed by atoms with van der Waals surface area (Å²) in [5.74, 6) is -0.905. The number of aryl methyl sites for hydroxylation is 2. The molecule has 2 amide bonds. The fraction of sp³-hybridized carbons (Fsp3) is 0.320. The number of fused-ring (bicyclic) bond motifs is 1. The van der Waals surface area contributed by atoms with Gasteiger partial charge in [-0.15, -0.1) is 0 Å². The highest BCUT2D eigenvalue weighted by Gasteiger charge is 2.13. The van der Waals surface area contributed by atoms with Crippen LogP contribution >= 0.6 is 11.3 Å². The van der Waals surface area contributed by atoms with Crippen molar-refractivity contribution < 1.29 is 18.7 Å². The molecule has 0 radical (unpaired) electrons. The maximum atomic E-state index is 13.1. The zero-order valence-corrected chi connectivity index (χ0v) is 21.6. The molecule has 0 saturated carbocycles. The van der Waals surface area contributed by atoms with Crippen molar-refractivity contribution in [3.05, 3.63) is 59.9 Å². The number of carbonyl (C=O) groups excluding carboxylic acids is 2. The van der Waals surface area contributed by atoms with Crippen LogP contribution in [0.4, 0.5) is 15.8 Å². The molecule has 0 fully saturated rings. The number of thiazole rings is 1. The molecule has 10 nitrogen and oxygen atoms in total.